The normalized spacial score (nSPS) is 22.6. The summed E-state index contributed by atoms with van der Waals surface area (Å²) in [6.07, 6.45) is 2.73. The minimum Gasteiger partial charge on any atom is -0.473 e. The van der Waals surface area contributed by atoms with E-state index in [-0.39, 0.29) is 18.1 Å². The number of hydrogen-bond acceptors (Lipinski definition) is 8. The molecule has 0 radical (unpaired) electrons. The summed E-state index contributed by atoms with van der Waals surface area (Å²) in [5, 5.41) is 2.84. The maximum absolute atomic E-state index is 14.2. The summed E-state index contributed by atoms with van der Waals surface area (Å²) in [7, 11) is 2.14. The fraction of sp³-hybridized carbons (Fsp3) is 0.571. The highest BCUT2D eigenvalue weighted by atomic mass is 32.1. The number of aromatic nitrogens is 2. The van der Waals surface area contributed by atoms with Crippen LogP contribution in [0.4, 0.5) is 15.2 Å². The molecule has 0 saturated carbocycles. The smallest absolute Gasteiger partial charge is 0.230 e. The number of ether oxygens (including phenoxy) is 1. The van der Waals surface area contributed by atoms with Gasteiger partial charge >= 0.3 is 0 Å². The van der Waals surface area contributed by atoms with Crippen LogP contribution in [0.1, 0.15) is 25.1 Å². The number of carbonyl (C=O) groups is 1. The van der Waals surface area contributed by atoms with Crippen LogP contribution in [0.25, 0.3) is 0 Å². The lowest BCUT2D eigenvalue weighted by Crippen LogP contribution is -2.44. The number of thiazole rings is 1. The van der Waals surface area contributed by atoms with Gasteiger partial charge in [-0.1, -0.05) is 11.3 Å². The van der Waals surface area contributed by atoms with Gasteiger partial charge in [0, 0.05) is 64.7 Å². The molecule has 31 heavy (non-hydrogen) atoms. The SMILES string of the molecule is CC(=O)Nc1nc(F)c(CN2CC(Oc3ccc(N4CCN(C)CC4)cn3)C[C@@H]2C)s1. The molecule has 4 heterocycles. The number of hydrogen-bond donors (Lipinski definition) is 1. The van der Waals surface area contributed by atoms with E-state index in [1.54, 1.807) is 0 Å². The minimum absolute atomic E-state index is 0.00258. The lowest BCUT2D eigenvalue weighted by molar-refractivity contribution is -0.114. The lowest BCUT2D eigenvalue weighted by atomic mass is 10.2. The van der Waals surface area contributed by atoms with Crippen molar-refractivity contribution in [3.8, 4) is 5.88 Å². The molecule has 2 aliphatic rings. The van der Waals surface area contributed by atoms with E-state index in [1.165, 1.54) is 18.3 Å². The van der Waals surface area contributed by atoms with E-state index < -0.39 is 5.95 Å². The number of likely N-dealkylation sites (tertiary alicyclic amines) is 1. The summed E-state index contributed by atoms with van der Waals surface area (Å²) < 4.78 is 20.3. The topological polar surface area (TPSA) is 73.8 Å². The molecule has 0 spiro atoms. The van der Waals surface area contributed by atoms with Crippen LogP contribution in [0.2, 0.25) is 0 Å². The molecule has 4 rings (SSSR count). The van der Waals surface area contributed by atoms with Gasteiger partial charge in [0.1, 0.15) is 6.10 Å². The van der Waals surface area contributed by atoms with Gasteiger partial charge in [0.2, 0.25) is 17.7 Å². The van der Waals surface area contributed by atoms with Gasteiger partial charge in [-0.25, -0.2) is 4.98 Å². The van der Waals surface area contributed by atoms with Crippen LogP contribution in [-0.4, -0.2) is 77.6 Å². The van der Waals surface area contributed by atoms with E-state index in [0.717, 1.165) is 38.3 Å². The first-order chi connectivity index (χ1) is 14.9. The molecule has 0 bridgehead atoms. The number of carbonyl (C=O) groups excluding carboxylic acids is 1. The van der Waals surface area contributed by atoms with Crippen molar-refractivity contribution in [1.29, 1.82) is 0 Å². The highest BCUT2D eigenvalue weighted by Crippen LogP contribution is 2.29. The largest absolute Gasteiger partial charge is 0.473 e. The summed E-state index contributed by atoms with van der Waals surface area (Å²) in [6.45, 7) is 8.75. The van der Waals surface area contributed by atoms with Crippen LogP contribution in [-0.2, 0) is 11.3 Å². The fourth-order valence-electron chi connectivity index (χ4n) is 4.04. The third-order valence-corrected chi connectivity index (χ3v) is 6.75. The predicted octanol–water partition coefficient (Wildman–Crippen LogP) is 2.43. The molecule has 2 fully saturated rings. The second kappa shape index (κ2) is 9.46. The molecule has 1 amide bonds. The Kier molecular flexibility index (Phi) is 6.68. The van der Waals surface area contributed by atoms with Crippen LogP contribution >= 0.6 is 11.3 Å². The van der Waals surface area contributed by atoms with Crippen molar-refractivity contribution in [1.82, 2.24) is 19.8 Å². The van der Waals surface area contributed by atoms with Gasteiger partial charge in [-0.05, 0) is 20.0 Å². The summed E-state index contributed by atoms with van der Waals surface area (Å²) >= 11 is 1.18. The number of rotatable bonds is 6. The van der Waals surface area contributed by atoms with Crippen LogP contribution in [0.3, 0.4) is 0 Å². The first-order valence-corrected chi connectivity index (χ1v) is 11.4. The van der Waals surface area contributed by atoms with Crippen LogP contribution < -0.4 is 15.0 Å². The average molecular weight is 449 g/mol. The minimum atomic E-state index is -0.522. The molecule has 2 saturated heterocycles. The zero-order valence-electron chi connectivity index (χ0n) is 18.2. The molecule has 2 aromatic heterocycles. The van der Waals surface area contributed by atoms with Crippen molar-refractivity contribution in [2.45, 2.75) is 39.0 Å². The van der Waals surface area contributed by atoms with Gasteiger partial charge in [0.05, 0.1) is 16.8 Å². The third-order valence-electron chi connectivity index (χ3n) is 5.82. The van der Waals surface area contributed by atoms with E-state index in [9.17, 15) is 9.18 Å². The molecule has 8 nitrogen and oxygen atoms in total. The number of piperazine rings is 1. The van der Waals surface area contributed by atoms with Gasteiger partial charge < -0.3 is 19.9 Å². The van der Waals surface area contributed by atoms with Gasteiger partial charge in [0.15, 0.2) is 5.13 Å². The number of likely N-dealkylation sites (N-methyl/N-ethyl adjacent to an activating group) is 1. The number of nitrogens with zero attached hydrogens (tertiary/aromatic N) is 5. The summed E-state index contributed by atoms with van der Waals surface area (Å²) in [5.74, 6) is -0.158. The maximum atomic E-state index is 14.2. The second-order valence-corrected chi connectivity index (χ2v) is 9.40. The Morgan fingerprint density at radius 1 is 1.32 bits per heavy atom. The number of nitrogens with one attached hydrogen (secondary N) is 1. The lowest BCUT2D eigenvalue weighted by Gasteiger charge is -2.33. The van der Waals surface area contributed by atoms with Crippen molar-refractivity contribution >= 4 is 28.1 Å². The quantitative estimate of drug-likeness (QED) is 0.728. The molecule has 0 aliphatic carbocycles. The van der Waals surface area contributed by atoms with Gasteiger partial charge in [0.25, 0.3) is 0 Å². The number of pyridine rings is 1. The van der Waals surface area contributed by atoms with Crippen molar-refractivity contribution < 1.29 is 13.9 Å². The Morgan fingerprint density at radius 2 is 2.10 bits per heavy atom. The molecule has 168 valence electrons. The zero-order valence-corrected chi connectivity index (χ0v) is 19.0. The molecule has 10 heteroatoms. The molecule has 1 N–H and O–H groups in total. The predicted molar refractivity (Wildman–Crippen MR) is 119 cm³/mol. The third kappa shape index (κ3) is 5.50. The summed E-state index contributed by atoms with van der Waals surface area (Å²) in [5.41, 5.74) is 1.12. The van der Waals surface area contributed by atoms with Gasteiger partial charge in [-0.3, -0.25) is 9.69 Å². The monoisotopic (exact) mass is 448 g/mol. The summed E-state index contributed by atoms with van der Waals surface area (Å²) in [4.78, 5) is 26.8. The first kappa shape index (κ1) is 21.9. The number of anilines is 2. The molecule has 2 aliphatic heterocycles. The standard InChI is InChI=1S/C21H29FN6O2S/c1-14-10-17(12-28(14)13-18-20(22)25-21(31-18)24-15(2)29)30-19-5-4-16(11-23-19)27-8-6-26(3)7-9-27/h4-5,11,14,17H,6-10,12-13H2,1-3H3,(H,24,25,29)/t14-,17?/m0/s1. The van der Waals surface area contributed by atoms with Crippen LogP contribution in [0, 0.1) is 5.95 Å². The Morgan fingerprint density at radius 3 is 2.77 bits per heavy atom. The second-order valence-electron chi connectivity index (χ2n) is 8.31. The van der Waals surface area contributed by atoms with Gasteiger partial charge in [-0.2, -0.15) is 9.37 Å². The highest BCUT2D eigenvalue weighted by Gasteiger charge is 2.32. The maximum Gasteiger partial charge on any atom is 0.230 e. The average Bonchev–Trinajstić information content (AvgIpc) is 3.24. The molecular formula is C21H29FN6O2S. The van der Waals surface area contributed by atoms with Crippen molar-refractivity contribution in [3.05, 3.63) is 29.2 Å². The number of amides is 1. The Balaban J connectivity index is 1.32. The van der Waals surface area contributed by atoms with Crippen LogP contribution in [0.15, 0.2) is 18.3 Å². The van der Waals surface area contributed by atoms with Crippen LogP contribution in [0.5, 0.6) is 5.88 Å². The molecule has 2 atom stereocenters. The van der Waals surface area contributed by atoms with E-state index in [0.29, 0.717) is 29.0 Å². The van der Waals surface area contributed by atoms with E-state index in [2.05, 4.69) is 50.0 Å². The first-order valence-electron chi connectivity index (χ1n) is 10.6. The van der Waals surface area contributed by atoms with Gasteiger partial charge in [-0.15, -0.1) is 0 Å². The van der Waals surface area contributed by atoms with Crippen molar-refractivity contribution in [3.63, 3.8) is 0 Å². The molecule has 2 aromatic rings. The van der Waals surface area contributed by atoms with Crippen molar-refractivity contribution in [2.24, 2.45) is 0 Å². The molecule has 1 unspecified atom stereocenters. The Labute approximate surface area is 186 Å². The fourth-order valence-corrected chi connectivity index (χ4v) is 4.95. The Hall–Kier alpha value is -2.30. The van der Waals surface area contributed by atoms with E-state index in [1.807, 2.05) is 12.3 Å². The zero-order chi connectivity index (χ0) is 22.0. The number of halogens is 1. The highest BCUT2D eigenvalue weighted by molar-refractivity contribution is 7.15. The Bertz CT molecular complexity index is 900. The van der Waals surface area contributed by atoms with E-state index in [4.69, 9.17) is 4.74 Å². The molecule has 0 aromatic carbocycles. The molecular weight excluding hydrogens is 419 g/mol. The summed E-state index contributed by atoms with van der Waals surface area (Å²) in [6, 6.07) is 4.25. The van der Waals surface area contributed by atoms with E-state index >= 15 is 0 Å². The van der Waals surface area contributed by atoms with Crippen molar-refractivity contribution in [2.75, 3.05) is 50.0 Å².